The summed E-state index contributed by atoms with van der Waals surface area (Å²) in [6.45, 7) is 2.03. The minimum absolute atomic E-state index is 0.206. The van der Waals surface area contributed by atoms with Crippen LogP contribution in [-0.4, -0.2) is 25.7 Å². The molecule has 0 saturated heterocycles. The first-order valence-electron chi connectivity index (χ1n) is 7.38. The largest absolute Gasteiger partial charge is 0.481 e. The lowest BCUT2D eigenvalue weighted by Gasteiger charge is -2.20. The molecule has 0 aliphatic rings. The first-order chi connectivity index (χ1) is 11.1. The van der Waals surface area contributed by atoms with Crippen molar-refractivity contribution in [3.8, 4) is 5.75 Å². The zero-order valence-corrected chi connectivity index (χ0v) is 13.9. The van der Waals surface area contributed by atoms with Gasteiger partial charge in [0.1, 0.15) is 11.9 Å². The number of hydrogen-bond donors (Lipinski definition) is 1. The van der Waals surface area contributed by atoms with Crippen molar-refractivity contribution in [1.29, 1.82) is 0 Å². The van der Waals surface area contributed by atoms with Crippen LogP contribution in [0.15, 0.2) is 54.6 Å². The van der Waals surface area contributed by atoms with E-state index in [0.717, 1.165) is 5.56 Å². The summed E-state index contributed by atoms with van der Waals surface area (Å²) in [7, 11) is 1.59. The van der Waals surface area contributed by atoms with Crippen LogP contribution in [0.1, 0.15) is 18.6 Å². The number of para-hydroxylation sites is 1. The quantitative estimate of drug-likeness (QED) is 0.842. The van der Waals surface area contributed by atoms with Crippen LogP contribution < -0.4 is 10.1 Å². The van der Waals surface area contributed by atoms with Gasteiger partial charge in [0, 0.05) is 24.2 Å². The maximum atomic E-state index is 12.2. The summed E-state index contributed by atoms with van der Waals surface area (Å²) in [5.74, 6) is 0.451. The maximum absolute atomic E-state index is 12.2. The van der Waals surface area contributed by atoms with Crippen LogP contribution >= 0.6 is 11.6 Å². The van der Waals surface area contributed by atoms with Crippen LogP contribution in [-0.2, 0) is 9.53 Å². The van der Waals surface area contributed by atoms with Gasteiger partial charge in [0.15, 0.2) is 6.10 Å². The Morgan fingerprint density at radius 2 is 1.78 bits per heavy atom. The molecular formula is C18H20ClNO3. The van der Waals surface area contributed by atoms with Gasteiger partial charge in [-0.1, -0.05) is 48.0 Å². The molecule has 2 rings (SSSR count). The molecule has 0 radical (unpaired) electrons. The number of amides is 1. The average molecular weight is 334 g/mol. The molecule has 0 aliphatic heterocycles. The Morgan fingerprint density at radius 1 is 1.13 bits per heavy atom. The Labute approximate surface area is 141 Å². The van der Waals surface area contributed by atoms with Gasteiger partial charge < -0.3 is 14.8 Å². The summed E-state index contributed by atoms with van der Waals surface area (Å²) < 4.78 is 11.0. The molecule has 2 aromatic carbocycles. The third-order valence-corrected chi connectivity index (χ3v) is 3.77. The van der Waals surface area contributed by atoms with Crippen LogP contribution in [0.2, 0.25) is 5.02 Å². The summed E-state index contributed by atoms with van der Waals surface area (Å²) in [4.78, 5) is 12.2. The highest BCUT2D eigenvalue weighted by molar-refractivity contribution is 6.31. The topological polar surface area (TPSA) is 47.6 Å². The molecule has 0 bridgehead atoms. The zero-order chi connectivity index (χ0) is 16.7. The van der Waals surface area contributed by atoms with E-state index in [1.165, 1.54) is 0 Å². The molecule has 122 valence electrons. The molecule has 23 heavy (non-hydrogen) atoms. The molecule has 0 heterocycles. The van der Waals surface area contributed by atoms with E-state index >= 15 is 0 Å². The smallest absolute Gasteiger partial charge is 0.260 e. The lowest BCUT2D eigenvalue weighted by molar-refractivity contribution is -0.127. The molecular weight excluding hydrogens is 314 g/mol. The van der Waals surface area contributed by atoms with Crippen molar-refractivity contribution in [2.45, 2.75) is 19.1 Å². The van der Waals surface area contributed by atoms with E-state index in [0.29, 0.717) is 17.3 Å². The average Bonchev–Trinajstić information content (AvgIpc) is 2.57. The van der Waals surface area contributed by atoms with Crippen molar-refractivity contribution in [3.63, 3.8) is 0 Å². The second-order valence-electron chi connectivity index (χ2n) is 5.06. The fourth-order valence-electron chi connectivity index (χ4n) is 2.15. The summed E-state index contributed by atoms with van der Waals surface area (Å²) in [6.07, 6.45) is -0.905. The van der Waals surface area contributed by atoms with Crippen molar-refractivity contribution in [2.24, 2.45) is 0 Å². The standard InChI is InChI=1S/C18H20ClNO3/c1-13(23-14-8-4-3-5-9-14)18(21)20-12-17(22-2)15-10-6-7-11-16(15)19/h3-11,13,17H,12H2,1-2H3,(H,20,21)/t13-,17-/m0/s1. The number of rotatable bonds is 7. The van der Waals surface area contributed by atoms with Crippen LogP contribution in [0.4, 0.5) is 0 Å². The number of carbonyl (C=O) groups is 1. The van der Waals surface area contributed by atoms with E-state index in [1.807, 2.05) is 48.5 Å². The third-order valence-electron chi connectivity index (χ3n) is 3.42. The zero-order valence-electron chi connectivity index (χ0n) is 13.2. The molecule has 2 aromatic rings. The fourth-order valence-corrected chi connectivity index (χ4v) is 2.41. The Hall–Kier alpha value is -2.04. The second-order valence-corrected chi connectivity index (χ2v) is 5.47. The highest BCUT2D eigenvalue weighted by Crippen LogP contribution is 2.24. The van der Waals surface area contributed by atoms with Gasteiger partial charge in [-0.3, -0.25) is 4.79 Å². The highest BCUT2D eigenvalue weighted by Gasteiger charge is 2.18. The number of benzene rings is 2. The summed E-state index contributed by atoms with van der Waals surface area (Å²) in [6, 6.07) is 16.7. The van der Waals surface area contributed by atoms with Gasteiger partial charge in [0.25, 0.3) is 5.91 Å². The van der Waals surface area contributed by atoms with Gasteiger partial charge in [0.2, 0.25) is 0 Å². The molecule has 4 nitrogen and oxygen atoms in total. The van der Waals surface area contributed by atoms with Gasteiger partial charge in [-0.05, 0) is 25.1 Å². The number of ether oxygens (including phenoxy) is 2. The minimum atomic E-state index is -0.596. The van der Waals surface area contributed by atoms with Crippen molar-refractivity contribution >= 4 is 17.5 Å². The Kier molecular flexibility index (Phi) is 6.44. The van der Waals surface area contributed by atoms with E-state index in [1.54, 1.807) is 20.1 Å². The molecule has 0 spiro atoms. The van der Waals surface area contributed by atoms with Crippen molar-refractivity contribution in [3.05, 3.63) is 65.2 Å². The minimum Gasteiger partial charge on any atom is -0.481 e. The van der Waals surface area contributed by atoms with Crippen molar-refractivity contribution in [1.82, 2.24) is 5.32 Å². The molecule has 2 atom stereocenters. The summed E-state index contributed by atoms with van der Waals surface area (Å²) >= 11 is 6.17. The molecule has 0 fully saturated rings. The molecule has 1 N–H and O–H groups in total. The van der Waals surface area contributed by atoms with Crippen LogP contribution in [0.25, 0.3) is 0 Å². The Morgan fingerprint density at radius 3 is 2.43 bits per heavy atom. The van der Waals surface area contributed by atoms with Gasteiger partial charge >= 0.3 is 0 Å². The predicted octanol–water partition coefficient (Wildman–Crippen LogP) is 3.61. The van der Waals surface area contributed by atoms with E-state index < -0.39 is 6.10 Å². The molecule has 0 aliphatic carbocycles. The van der Waals surface area contributed by atoms with E-state index in [2.05, 4.69) is 5.32 Å². The lowest BCUT2D eigenvalue weighted by Crippen LogP contribution is -2.38. The van der Waals surface area contributed by atoms with Crippen LogP contribution in [0.5, 0.6) is 5.75 Å². The number of methoxy groups -OCH3 is 1. The molecule has 0 saturated carbocycles. The van der Waals surface area contributed by atoms with Gasteiger partial charge in [0.05, 0.1) is 0 Å². The number of hydrogen-bond acceptors (Lipinski definition) is 3. The van der Waals surface area contributed by atoms with E-state index in [-0.39, 0.29) is 12.0 Å². The SMILES string of the molecule is CO[C@@H](CNC(=O)[C@H](C)Oc1ccccc1)c1ccccc1Cl. The molecule has 0 unspecified atom stereocenters. The van der Waals surface area contributed by atoms with Crippen LogP contribution in [0, 0.1) is 0 Å². The Bertz CT molecular complexity index is 633. The second kappa shape index (κ2) is 8.56. The van der Waals surface area contributed by atoms with Crippen LogP contribution in [0.3, 0.4) is 0 Å². The van der Waals surface area contributed by atoms with Crippen molar-refractivity contribution in [2.75, 3.05) is 13.7 Å². The molecule has 1 amide bonds. The lowest BCUT2D eigenvalue weighted by atomic mass is 10.1. The maximum Gasteiger partial charge on any atom is 0.260 e. The highest BCUT2D eigenvalue weighted by atomic mass is 35.5. The first-order valence-corrected chi connectivity index (χ1v) is 7.76. The summed E-state index contributed by atoms with van der Waals surface area (Å²) in [5, 5.41) is 3.44. The van der Waals surface area contributed by atoms with Gasteiger partial charge in [-0.2, -0.15) is 0 Å². The first kappa shape index (κ1) is 17.3. The number of halogens is 1. The normalized spacial score (nSPS) is 13.2. The fraction of sp³-hybridized carbons (Fsp3) is 0.278. The predicted molar refractivity (Wildman–Crippen MR) is 90.7 cm³/mol. The molecule has 0 aromatic heterocycles. The number of carbonyl (C=O) groups excluding carboxylic acids is 1. The Balaban J connectivity index is 1.91. The van der Waals surface area contributed by atoms with Crippen molar-refractivity contribution < 1.29 is 14.3 Å². The van der Waals surface area contributed by atoms with E-state index in [4.69, 9.17) is 21.1 Å². The van der Waals surface area contributed by atoms with Gasteiger partial charge in [-0.25, -0.2) is 0 Å². The summed E-state index contributed by atoms with van der Waals surface area (Å²) in [5.41, 5.74) is 0.841. The monoisotopic (exact) mass is 333 g/mol. The van der Waals surface area contributed by atoms with E-state index in [9.17, 15) is 4.79 Å². The third kappa shape index (κ3) is 4.98. The van der Waals surface area contributed by atoms with Gasteiger partial charge in [-0.15, -0.1) is 0 Å². The number of nitrogens with one attached hydrogen (secondary N) is 1. The molecule has 5 heteroatoms.